The number of amides is 1. The molecule has 0 radical (unpaired) electrons. The minimum Gasteiger partial charge on any atom is -0.508 e. The molecule has 0 heterocycles. The molecule has 1 rings (SSSR count). The highest BCUT2D eigenvalue weighted by molar-refractivity contribution is 6.73. The van der Waals surface area contributed by atoms with Gasteiger partial charge < -0.3 is 14.5 Å². The van der Waals surface area contributed by atoms with Gasteiger partial charge in [0.1, 0.15) is 5.75 Å². The van der Waals surface area contributed by atoms with Crippen LogP contribution in [0.4, 0.5) is 0 Å². The number of phenols is 1. The smallest absolute Gasteiger partial charge is 0.224 e. The maximum Gasteiger partial charge on any atom is 0.224 e. The van der Waals surface area contributed by atoms with Gasteiger partial charge in [-0.15, -0.1) is 0 Å². The molecule has 0 spiro atoms. The molecule has 18 heavy (non-hydrogen) atoms. The average Bonchev–Trinajstić information content (AvgIpc) is 2.26. The van der Waals surface area contributed by atoms with Crippen molar-refractivity contribution in [1.82, 2.24) is 5.32 Å². The fourth-order valence-corrected chi connectivity index (χ4v) is 4.65. The van der Waals surface area contributed by atoms with Crippen LogP contribution in [0.1, 0.15) is 5.56 Å². The number of nitrogens with one attached hydrogen (secondary N) is 1. The minimum absolute atomic E-state index is 0.00682. The highest BCUT2D eigenvalue weighted by atomic mass is 28.4. The lowest BCUT2D eigenvalue weighted by Crippen LogP contribution is -2.35. The summed E-state index contributed by atoms with van der Waals surface area (Å²) in [6.07, 6.45) is 1.03. The van der Waals surface area contributed by atoms with Crippen molar-refractivity contribution >= 4 is 24.0 Å². The number of phenolic OH excluding ortho intramolecular Hbond substituents is 1. The van der Waals surface area contributed by atoms with Crippen LogP contribution < -0.4 is 5.32 Å². The van der Waals surface area contributed by atoms with Gasteiger partial charge in [-0.05, 0) is 37.3 Å². The zero-order chi connectivity index (χ0) is 13.6. The van der Waals surface area contributed by atoms with Crippen LogP contribution in [-0.4, -0.2) is 35.3 Å². The third-order valence-electron chi connectivity index (χ3n) is 2.26. The molecule has 0 fully saturated rings. The summed E-state index contributed by atoms with van der Waals surface area (Å²) in [6.45, 7) is 6.45. The second kappa shape index (κ2) is 6.72. The molecular formula is C12H21NO3Si2. The molecule has 0 atom stereocenters. The molecule has 0 aliphatic heterocycles. The first kappa shape index (κ1) is 14.9. The second-order valence-corrected chi connectivity index (χ2v) is 11.4. The lowest BCUT2D eigenvalue weighted by molar-refractivity contribution is -0.120. The van der Waals surface area contributed by atoms with E-state index in [1.807, 2.05) is 0 Å². The molecular weight excluding hydrogens is 262 g/mol. The van der Waals surface area contributed by atoms with Crippen molar-refractivity contribution in [2.75, 3.05) is 6.17 Å². The van der Waals surface area contributed by atoms with Gasteiger partial charge in [0.05, 0.1) is 6.42 Å². The first-order valence-electron chi connectivity index (χ1n) is 6.05. The normalized spacial score (nSPS) is 11.9. The van der Waals surface area contributed by atoms with Crippen molar-refractivity contribution in [2.24, 2.45) is 0 Å². The third-order valence-corrected chi connectivity index (χ3v) is 7.00. The predicted molar refractivity (Wildman–Crippen MR) is 77.8 cm³/mol. The SMILES string of the molecule is C[Si](C)(C)O[SiH2]CNC(=O)Cc1ccc(O)cc1. The molecule has 0 saturated carbocycles. The van der Waals surface area contributed by atoms with Crippen molar-refractivity contribution in [1.29, 1.82) is 0 Å². The summed E-state index contributed by atoms with van der Waals surface area (Å²) < 4.78 is 5.78. The summed E-state index contributed by atoms with van der Waals surface area (Å²) in [4.78, 5) is 11.6. The molecule has 1 aromatic rings. The molecule has 0 unspecified atom stereocenters. The van der Waals surface area contributed by atoms with Crippen LogP contribution in [0.15, 0.2) is 24.3 Å². The van der Waals surface area contributed by atoms with E-state index in [9.17, 15) is 4.79 Å². The molecule has 0 aromatic heterocycles. The van der Waals surface area contributed by atoms with Crippen LogP contribution in [0, 0.1) is 0 Å². The van der Waals surface area contributed by atoms with Crippen LogP contribution in [0.3, 0.4) is 0 Å². The van der Waals surface area contributed by atoms with E-state index < -0.39 is 18.1 Å². The molecule has 6 heteroatoms. The topological polar surface area (TPSA) is 58.6 Å². The summed E-state index contributed by atoms with van der Waals surface area (Å²) in [7, 11) is -2.07. The molecule has 100 valence electrons. The van der Waals surface area contributed by atoms with Gasteiger partial charge in [-0.25, -0.2) is 0 Å². The number of aromatic hydroxyl groups is 1. The number of hydrogen-bond donors (Lipinski definition) is 2. The van der Waals surface area contributed by atoms with Gasteiger partial charge in [0, 0.05) is 6.17 Å². The molecule has 1 aromatic carbocycles. The molecule has 0 bridgehead atoms. The van der Waals surface area contributed by atoms with Gasteiger partial charge in [0.15, 0.2) is 18.1 Å². The number of hydrogen-bond acceptors (Lipinski definition) is 3. The van der Waals surface area contributed by atoms with Crippen molar-refractivity contribution < 1.29 is 14.0 Å². The van der Waals surface area contributed by atoms with E-state index in [2.05, 4.69) is 25.0 Å². The average molecular weight is 283 g/mol. The van der Waals surface area contributed by atoms with Crippen molar-refractivity contribution in [2.45, 2.75) is 26.1 Å². The van der Waals surface area contributed by atoms with E-state index in [-0.39, 0.29) is 11.7 Å². The van der Waals surface area contributed by atoms with Crippen molar-refractivity contribution in [3.63, 3.8) is 0 Å². The summed E-state index contributed by atoms with van der Waals surface area (Å²) in [5.74, 6) is 0.225. The Morgan fingerprint density at radius 1 is 1.33 bits per heavy atom. The maximum atomic E-state index is 11.6. The summed E-state index contributed by atoms with van der Waals surface area (Å²) in [5, 5.41) is 12.0. The van der Waals surface area contributed by atoms with Gasteiger partial charge in [0.25, 0.3) is 0 Å². The Morgan fingerprint density at radius 2 is 1.94 bits per heavy atom. The molecule has 0 aliphatic rings. The van der Waals surface area contributed by atoms with Gasteiger partial charge in [-0.3, -0.25) is 4.79 Å². The van der Waals surface area contributed by atoms with Crippen molar-refractivity contribution in [3.8, 4) is 5.75 Å². The Kier molecular flexibility index (Phi) is 5.58. The zero-order valence-electron chi connectivity index (χ0n) is 11.2. The number of rotatable bonds is 6. The molecule has 2 N–H and O–H groups in total. The number of carbonyl (C=O) groups excluding carboxylic acids is 1. The van der Waals surface area contributed by atoms with Gasteiger partial charge in [0.2, 0.25) is 5.91 Å². The van der Waals surface area contributed by atoms with Crippen molar-refractivity contribution in [3.05, 3.63) is 29.8 Å². The number of carbonyl (C=O) groups is 1. The lowest BCUT2D eigenvalue weighted by Gasteiger charge is -2.17. The van der Waals surface area contributed by atoms with Gasteiger partial charge >= 0.3 is 0 Å². The van der Waals surface area contributed by atoms with E-state index in [1.165, 1.54) is 0 Å². The van der Waals surface area contributed by atoms with E-state index in [1.54, 1.807) is 24.3 Å². The van der Waals surface area contributed by atoms with Crippen LogP contribution in [0.2, 0.25) is 19.6 Å². The number of benzene rings is 1. The van der Waals surface area contributed by atoms with E-state index in [0.717, 1.165) is 5.56 Å². The Bertz CT molecular complexity index is 387. The molecule has 0 aliphatic carbocycles. The Hall–Kier alpha value is -1.12. The van der Waals surface area contributed by atoms with E-state index in [0.29, 0.717) is 12.6 Å². The van der Waals surface area contributed by atoms with Gasteiger partial charge in [-0.1, -0.05) is 12.1 Å². The summed E-state index contributed by atoms with van der Waals surface area (Å²) >= 11 is 0. The fourth-order valence-electron chi connectivity index (χ4n) is 1.41. The van der Waals surface area contributed by atoms with Crippen LogP contribution in [0.5, 0.6) is 5.75 Å². The van der Waals surface area contributed by atoms with Gasteiger partial charge in [-0.2, -0.15) is 0 Å². The molecule has 0 saturated heterocycles. The Balaban J connectivity index is 2.24. The largest absolute Gasteiger partial charge is 0.508 e. The predicted octanol–water partition coefficient (Wildman–Crippen LogP) is 0.944. The highest BCUT2D eigenvalue weighted by Crippen LogP contribution is 2.09. The highest BCUT2D eigenvalue weighted by Gasteiger charge is 2.13. The fraction of sp³-hybridized carbons (Fsp3) is 0.417. The zero-order valence-corrected chi connectivity index (χ0v) is 13.6. The quantitative estimate of drug-likeness (QED) is 0.603. The summed E-state index contributed by atoms with van der Waals surface area (Å²) in [6, 6.07) is 6.69. The van der Waals surface area contributed by atoms with Crippen LogP contribution in [-0.2, 0) is 15.3 Å². The van der Waals surface area contributed by atoms with E-state index >= 15 is 0 Å². The third kappa shape index (κ3) is 6.58. The first-order valence-corrected chi connectivity index (χ1v) is 11.0. The van der Waals surface area contributed by atoms with Crippen LogP contribution in [0.25, 0.3) is 0 Å². The first-order chi connectivity index (χ1) is 8.37. The summed E-state index contributed by atoms with van der Waals surface area (Å²) in [5.41, 5.74) is 0.901. The van der Waals surface area contributed by atoms with Crippen LogP contribution >= 0.6 is 0 Å². The maximum absolute atomic E-state index is 11.6. The monoisotopic (exact) mass is 283 g/mol. The standard InChI is InChI=1S/C12H21NO3Si2/c1-18(2,3)16-17-9-13-12(15)8-10-4-6-11(14)7-5-10/h4-7,14H,8-9,17H2,1-3H3,(H,13,15). The lowest BCUT2D eigenvalue weighted by atomic mass is 10.1. The molecule has 1 amide bonds. The molecule has 4 nitrogen and oxygen atoms in total. The van der Waals surface area contributed by atoms with E-state index in [4.69, 9.17) is 9.22 Å². The Morgan fingerprint density at radius 3 is 2.50 bits per heavy atom. The minimum atomic E-state index is -1.43. The second-order valence-electron chi connectivity index (χ2n) is 5.15. The Labute approximate surface area is 111 Å².